The minimum absolute atomic E-state index is 0.946. The Bertz CT molecular complexity index is 409. The average Bonchev–Trinajstić information content (AvgIpc) is 2.76. The fourth-order valence-corrected chi connectivity index (χ4v) is 2.24. The molecule has 1 aromatic carbocycles. The lowest BCUT2D eigenvalue weighted by atomic mass is 10.1. The minimum atomic E-state index is 0.946. The first-order valence-electron chi connectivity index (χ1n) is 6.11. The molecule has 1 N–H and O–H groups in total. The van der Waals surface area contributed by atoms with Crippen LogP contribution in [0.3, 0.4) is 0 Å². The van der Waals surface area contributed by atoms with Gasteiger partial charge in [-0.25, -0.2) is 0 Å². The Hall–Kier alpha value is -1.26. The summed E-state index contributed by atoms with van der Waals surface area (Å²) in [5, 5.41) is 3.43. The Kier molecular flexibility index (Phi) is 4.02. The first kappa shape index (κ1) is 11.2. The molecule has 0 radical (unpaired) electrons. The SMILES string of the molecule is CC#CCCNCc1ccc2c(c1)CCC2. The van der Waals surface area contributed by atoms with Crippen LogP contribution in [0.25, 0.3) is 0 Å². The van der Waals surface area contributed by atoms with Gasteiger partial charge < -0.3 is 5.32 Å². The van der Waals surface area contributed by atoms with Gasteiger partial charge in [0, 0.05) is 19.5 Å². The Labute approximate surface area is 98.3 Å². The molecule has 0 unspecified atom stereocenters. The van der Waals surface area contributed by atoms with Crippen LogP contribution in [0, 0.1) is 11.8 Å². The predicted molar refractivity (Wildman–Crippen MR) is 68.2 cm³/mol. The summed E-state index contributed by atoms with van der Waals surface area (Å²) in [6.07, 6.45) is 4.82. The largest absolute Gasteiger partial charge is 0.312 e. The quantitative estimate of drug-likeness (QED) is 0.599. The number of nitrogens with one attached hydrogen (secondary N) is 1. The van der Waals surface area contributed by atoms with Gasteiger partial charge in [-0.1, -0.05) is 18.2 Å². The maximum atomic E-state index is 3.43. The van der Waals surface area contributed by atoms with Gasteiger partial charge >= 0.3 is 0 Å². The van der Waals surface area contributed by atoms with E-state index in [-0.39, 0.29) is 0 Å². The minimum Gasteiger partial charge on any atom is -0.312 e. The molecule has 1 nitrogen and oxygen atoms in total. The molecule has 0 atom stereocenters. The number of hydrogen-bond donors (Lipinski definition) is 1. The maximum Gasteiger partial charge on any atom is 0.0214 e. The molecule has 0 bridgehead atoms. The van der Waals surface area contributed by atoms with Crippen LogP contribution in [0.1, 0.15) is 36.5 Å². The van der Waals surface area contributed by atoms with Gasteiger partial charge in [-0.2, -0.15) is 0 Å². The first-order valence-corrected chi connectivity index (χ1v) is 6.11. The molecule has 0 fully saturated rings. The highest BCUT2D eigenvalue weighted by molar-refractivity contribution is 5.35. The monoisotopic (exact) mass is 213 g/mol. The lowest BCUT2D eigenvalue weighted by Crippen LogP contribution is -2.14. The number of benzene rings is 1. The average molecular weight is 213 g/mol. The number of fused-ring (bicyclic) bond motifs is 1. The fraction of sp³-hybridized carbons (Fsp3) is 0.467. The van der Waals surface area contributed by atoms with Gasteiger partial charge in [-0.15, -0.1) is 11.8 Å². The van der Waals surface area contributed by atoms with Crippen molar-refractivity contribution in [2.24, 2.45) is 0 Å². The van der Waals surface area contributed by atoms with Crippen LogP contribution in [0.4, 0.5) is 0 Å². The summed E-state index contributed by atoms with van der Waals surface area (Å²) in [7, 11) is 0. The molecule has 0 saturated carbocycles. The number of aryl methyl sites for hydroxylation is 2. The Morgan fingerprint density at radius 3 is 3.00 bits per heavy atom. The van der Waals surface area contributed by atoms with Crippen LogP contribution < -0.4 is 5.32 Å². The van der Waals surface area contributed by atoms with Crippen LogP contribution in [0.5, 0.6) is 0 Å². The summed E-state index contributed by atoms with van der Waals surface area (Å²) >= 11 is 0. The van der Waals surface area contributed by atoms with Crippen molar-refractivity contribution in [3.8, 4) is 11.8 Å². The summed E-state index contributed by atoms with van der Waals surface area (Å²) in [5.41, 5.74) is 4.53. The van der Waals surface area contributed by atoms with Crippen molar-refractivity contribution in [2.75, 3.05) is 6.54 Å². The highest BCUT2D eigenvalue weighted by atomic mass is 14.8. The summed E-state index contributed by atoms with van der Waals surface area (Å²) < 4.78 is 0. The molecular formula is C15H19N. The van der Waals surface area contributed by atoms with E-state index in [9.17, 15) is 0 Å². The Morgan fingerprint density at radius 2 is 2.12 bits per heavy atom. The molecule has 0 saturated heterocycles. The molecule has 0 aliphatic heterocycles. The zero-order chi connectivity index (χ0) is 11.2. The summed E-state index contributed by atoms with van der Waals surface area (Å²) in [6, 6.07) is 6.91. The van der Waals surface area contributed by atoms with E-state index in [0.717, 1.165) is 19.5 Å². The third kappa shape index (κ3) is 2.87. The Balaban J connectivity index is 1.83. The predicted octanol–water partition coefficient (Wildman–Crippen LogP) is 2.68. The van der Waals surface area contributed by atoms with E-state index in [0.29, 0.717) is 0 Å². The van der Waals surface area contributed by atoms with Gasteiger partial charge in [0.15, 0.2) is 0 Å². The molecule has 1 heteroatoms. The van der Waals surface area contributed by atoms with Crippen LogP contribution >= 0.6 is 0 Å². The molecule has 16 heavy (non-hydrogen) atoms. The number of hydrogen-bond acceptors (Lipinski definition) is 1. The van der Waals surface area contributed by atoms with Crippen LogP contribution in [-0.4, -0.2) is 6.54 Å². The smallest absolute Gasteiger partial charge is 0.0214 e. The van der Waals surface area contributed by atoms with Crippen molar-refractivity contribution >= 4 is 0 Å². The third-order valence-corrected chi connectivity index (χ3v) is 3.10. The topological polar surface area (TPSA) is 12.0 Å². The summed E-state index contributed by atoms with van der Waals surface area (Å²) in [4.78, 5) is 0. The molecule has 2 rings (SSSR count). The third-order valence-electron chi connectivity index (χ3n) is 3.10. The van der Waals surface area contributed by atoms with Gasteiger partial charge in [-0.3, -0.25) is 0 Å². The lowest BCUT2D eigenvalue weighted by molar-refractivity contribution is 0.700. The van der Waals surface area contributed by atoms with Gasteiger partial charge in [0.2, 0.25) is 0 Å². The molecular weight excluding hydrogens is 194 g/mol. The lowest BCUT2D eigenvalue weighted by Gasteiger charge is -2.05. The van der Waals surface area contributed by atoms with Gasteiger partial charge in [0.1, 0.15) is 0 Å². The van der Waals surface area contributed by atoms with Crippen molar-refractivity contribution in [3.05, 3.63) is 34.9 Å². The van der Waals surface area contributed by atoms with Gasteiger partial charge in [0.05, 0.1) is 0 Å². The van der Waals surface area contributed by atoms with Gasteiger partial charge in [-0.05, 0) is 42.9 Å². The summed E-state index contributed by atoms with van der Waals surface area (Å²) in [6.45, 7) is 3.84. The summed E-state index contributed by atoms with van der Waals surface area (Å²) in [5.74, 6) is 5.97. The van der Waals surface area contributed by atoms with E-state index in [1.165, 1.54) is 24.8 Å². The van der Waals surface area contributed by atoms with E-state index in [1.54, 1.807) is 11.1 Å². The number of rotatable bonds is 4. The second kappa shape index (κ2) is 5.72. The first-order chi connectivity index (χ1) is 7.90. The van der Waals surface area contributed by atoms with Crippen molar-refractivity contribution in [1.82, 2.24) is 5.32 Å². The molecule has 1 aliphatic carbocycles. The zero-order valence-corrected chi connectivity index (χ0v) is 9.97. The van der Waals surface area contributed by atoms with E-state index >= 15 is 0 Å². The second-order valence-corrected chi connectivity index (χ2v) is 4.31. The zero-order valence-electron chi connectivity index (χ0n) is 9.97. The van der Waals surface area contributed by atoms with E-state index in [2.05, 4.69) is 35.4 Å². The van der Waals surface area contributed by atoms with Crippen molar-refractivity contribution in [2.45, 2.75) is 39.2 Å². The molecule has 0 heterocycles. The van der Waals surface area contributed by atoms with E-state index < -0.39 is 0 Å². The highest BCUT2D eigenvalue weighted by Crippen LogP contribution is 2.22. The second-order valence-electron chi connectivity index (χ2n) is 4.31. The van der Waals surface area contributed by atoms with E-state index in [4.69, 9.17) is 0 Å². The molecule has 84 valence electrons. The fourth-order valence-electron chi connectivity index (χ4n) is 2.24. The maximum absolute atomic E-state index is 3.43. The van der Waals surface area contributed by atoms with Crippen molar-refractivity contribution in [1.29, 1.82) is 0 Å². The Morgan fingerprint density at radius 1 is 1.25 bits per heavy atom. The molecule has 1 aromatic rings. The van der Waals surface area contributed by atoms with Crippen molar-refractivity contribution < 1.29 is 0 Å². The van der Waals surface area contributed by atoms with Crippen LogP contribution in [0.15, 0.2) is 18.2 Å². The van der Waals surface area contributed by atoms with Crippen LogP contribution in [0.2, 0.25) is 0 Å². The highest BCUT2D eigenvalue weighted by Gasteiger charge is 2.10. The normalized spacial score (nSPS) is 13.1. The van der Waals surface area contributed by atoms with Gasteiger partial charge in [0.25, 0.3) is 0 Å². The molecule has 0 amide bonds. The van der Waals surface area contributed by atoms with Crippen LogP contribution in [-0.2, 0) is 19.4 Å². The molecule has 0 aromatic heterocycles. The molecule has 1 aliphatic rings. The van der Waals surface area contributed by atoms with E-state index in [1.807, 2.05) is 6.92 Å². The standard InChI is InChI=1S/C15H19N/c1-2-3-4-10-16-12-13-8-9-14-6-5-7-15(14)11-13/h8-9,11,16H,4-7,10,12H2,1H3. The van der Waals surface area contributed by atoms with Crippen molar-refractivity contribution in [3.63, 3.8) is 0 Å². The molecule has 0 spiro atoms.